The summed E-state index contributed by atoms with van der Waals surface area (Å²) < 4.78 is 4.60. The van der Waals surface area contributed by atoms with Crippen LogP contribution in [0.3, 0.4) is 0 Å². The van der Waals surface area contributed by atoms with Crippen molar-refractivity contribution >= 4 is 17.5 Å². The van der Waals surface area contributed by atoms with E-state index >= 15 is 0 Å². The standard InChI is InChI=1S/C16H25N3O2/c1-12(10-13-6-3-4-9-17-13)18-14-7-5-8-15(11-14)19-16(20)21-2/h5,7-8,11-13,17-18H,3-4,6,9-10H2,1-2H3,(H,19,20). The SMILES string of the molecule is COC(=O)Nc1cccc(NC(C)CC2CCCCN2)c1. The zero-order chi connectivity index (χ0) is 15.1. The van der Waals surface area contributed by atoms with Crippen LogP contribution in [0.25, 0.3) is 0 Å². The van der Waals surface area contributed by atoms with Crippen LogP contribution in [0.4, 0.5) is 16.2 Å². The molecule has 3 N–H and O–H groups in total. The Labute approximate surface area is 126 Å². The van der Waals surface area contributed by atoms with Gasteiger partial charge in [-0.25, -0.2) is 4.79 Å². The molecule has 2 unspecified atom stereocenters. The van der Waals surface area contributed by atoms with Crippen molar-refractivity contribution in [3.63, 3.8) is 0 Å². The van der Waals surface area contributed by atoms with Gasteiger partial charge in [0.2, 0.25) is 0 Å². The molecule has 0 aliphatic carbocycles. The Bertz CT molecular complexity index is 459. The van der Waals surface area contributed by atoms with Gasteiger partial charge in [-0.15, -0.1) is 0 Å². The van der Waals surface area contributed by atoms with E-state index in [1.165, 1.54) is 26.4 Å². The summed E-state index contributed by atoms with van der Waals surface area (Å²) in [6, 6.07) is 8.68. The maximum absolute atomic E-state index is 11.2. The minimum atomic E-state index is -0.452. The van der Waals surface area contributed by atoms with E-state index in [-0.39, 0.29) is 0 Å². The molecule has 2 atom stereocenters. The number of methoxy groups -OCH3 is 1. The lowest BCUT2D eigenvalue weighted by Crippen LogP contribution is -2.37. The van der Waals surface area contributed by atoms with E-state index in [9.17, 15) is 4.79 Å². The fourth-order valence-corrected chi connectivity index (χ4v) is 2.75. The molecule has 0 spiro atoms. The van der Waals surface area contributed by atoms with Crippen LogP contribution < -0.4 is 16.0 Å². The second-order valence-corrected chi connectivity index (χ2v) is 5.63. The van der Waals surface area contributed by atoms with Crippen LogP contribution in [0.2, 0.25) is 0 Å². The van der Waals surface area contributed by atoms with Crippen LogP contribution in [-0.4, -0.2) is 31.8 Å². The van der Waals surface area contributed by atoms with E-state index in [0.717, 1.165) is 24.3 Å². The molecule has 1 aromatic rings. The Hall–Kier alpha value is -1.75. The highest BCUT2D eigenvalue weighted by atomic mass is 16.5. The summed E-state index contributed by atoms with van der Waals surface area (Å²) in [5.74, 6) is 0. The third-order valence-corrected chi connectivity index (χ3v) is 3.76. The first-order valence-electron chi connectivity index (χ1n) is 7.62. The van der Waals surface area contributed by atoms with Crippen LogP contribution in [-0.2, 0) is 4.74 Å². The highest BCUT2D eigenvalue weighted by Crippen LogP contribution is 2.18. The quantitative estimate of drug-likeness (QED) is 0.779. The number of carbonyl (C=O) groups excluding carboxylic acids is 1. The number of piperidine rings is 1. The normalized spacial score (nSPS) is 19.6. The Morgan fingerprint density at radius 2 is 2.24 bits per heavy atom. The van der Waals surface area contributed by atoms with E-state index in [1.807, 2.05) is 24.3 Å². The van der Waals surface area contributed by atoms with E-state index in [2.05, 4.69) is 27.6 Å². The van der Waals surface area contributed by atoms with Crippen molar-refractivity contribution in [2.75, 3.05) is 24.3 Å². The van der Waals surface area contributed by atoms with Crippen LogP contribution in [0, 0.1) is 0 Å². The zero-order valence-corrected chi connectivity index (χ0v) is 12.8. The molecule has 0 saturated carbocycles. The molecule has 1 heterocycles. The maximum Gasteiger partial charge on any atom is 0.411 e. The average molecular weight is 291 g/mol. The fraction of sp³-hybridized carbons (Fsp3) is 0.562. The summed E-state index contributed by atoms with van der Waals surface area (Å²) >= 11 is 0. The molecule has 21 heavy (non-hydrogen) atoms. The van der Waals surface area contributed by atoms with Gasteiger partial charge in [0.05, 0.1) is 7.11 Å². The molecule has 1 aliphatic heterocycles. The van der Waals surface area contributed by atoms with Crippen molar-refractivity contribution in [1.82, 2.24) is 5.32 Å². The number of carbonyl (C=O) groups is 1. The monoisotopic (exact) mass is 291 g/mol. The van der Waals surface area contributed by atoms with Gasteiger partial charge >= 0.3 is 6.09 Å². The third-order valence-electron chi connectivity index (χ3n) is 3.76. The van der Waals surface area contributed by atoms with Gasteiger partial charge in [0.15, 0.2) is 0 Å². The number of hydrogen-bond acceptors (Lipinski definition) is 4. The van der Waals surface area contributed by atoms with E-state index in [0.29, 0.717) is 12.1 Å². The second-order valence-electron chi connectivity index (χ2n) is 5.63. The largest absolute Gasteiger partial charge is 0.453 e. The first kappa shape index (κ1) is 15.6. The summed E-state index contributed by atoms with van der Waals surface area (Å²) in [6.07, 6.45) is 4.53. The topological polar surface area (TPSA) is 62.4 Å². The molecule has 116 valence electrons. The predicted octanol–water partition coefficient (Wildman–Crippen LogP) is 3.20. The molecule has 1 amide bonds. The molecule has 1 saturated heterocycles. The lowest BCUT2D eigenvalue weighted by molar-refractivity contribution is 0.187. The molecular formula is C16H25N3O2. The van der Waals surface area contributed by atoms with Gasteiger partial charge in [0, 0.05) is 23.5 Å². The number of anilines is 2. The first-order valence-corrected chi connectivity index (χ1v) is 7.62. The van der Waals surface area contributed by atoms with Gasteiger partial charge in [0.1, 0.15) is 0 Å². The number of hydrogen-bond donors (Lipinski definition) is 3. The Kier molecular flexibility index (Phi) is 5.87. The third kappa shape index (κ3) is 5.27. The molecular weight excluding hydrogens is 266 g/mol. The van der Waals surface area contributed by atoms with E-state index < -0.39 is 6.09 Å². The van der Waals surface area contributed by atoms with Crippen LogP contribution >= 0.6 is 0 Å². The van der Waals surface area contributed by atoms with Gasteiger partial charge in [-0.3, -0.25) is 5.32 Å². The van der Waals surface area contributed by atoms with Crippen molar-refractivity contribution < 1.29 is 9.53 Å². The molecule has 1 aromatic carbocycles. The first-order chi connectivity index (χ1) is 10.2. The Morgan fingerprint density at radius 3 is 2.95 bits per heavy atom. The summed E-state index contributed by atoms with van der Waals surface area (Å²) in [6.45, 7) is 3.33. The average Bonchev–Trinajstić information content (AvgIpc) is 2.48. The lowest BCUT2D eigenvalue weighted by Gasteiger charge is -2.27. The van der Waals surface area contributed by atoms with Crippen molar-refractivity contribution in [2.45, 2.75) is 44.7 Å². The molecule has 5 nitrogen and oxygen atoms in total. The molecule has 5 heteroatoms. The molecule has 1 aliphatic rings. The molecule has 0 aromatic heterocycles. The predicted molar refractivity (Wildman–Crippen MR) is 85.8 cm³/mol. The van der Waals surface area contributed by atoms with Crippen molar-refractivity contribution in [3.05, 3.63) is 24.3 Å². The minimum absolute atomic E-state index is 0.383. The number of ether oxygens (including phenoxy) is 1. The van der Waals surface area contributed by atoms with Gasteiger partial charge in [0.25, 0.3) is 0 Å². The second kappa shape index (κ2) is 7.88. The summed E-state index contributed by atoms with van der Waals surface area (Å²) in [5, 5.41) is 9.73. The van der Waals surface area contributed by atoms with Gasteiger partial charge in [-0.05, 0) is 50.9 Å². The van der Waals surface area contributed by atoms with Crippen LogP contribution in [0.5, 0.6) is 0 Å². The van der Waals surface area contributed by atoms with Gasteiger partial charge in [-0.1, -0.05) is 12.5 Å². The summed E-state index contributed by atoms with van der Waals surface area (Å²) in [5.41, 5.74) is 1.74. The van der Waals surface area contributed by atoms with E-state index in [4.69, 9.17) is 0 Å². The molecule has 1 fully saturated rings. The van der Waals surface area contributed by atoms with Gasteiger partial charge < -0.3 is 15.4 Å². The fourth-order valence-electron chi connectivity index (χ4n) is 2.75. The van der Waals surface area contributed by atoms with Crippen molar-refractivity contribution in [1.29, 1.82) is 0 Å². The minimum Gasteiger partial charge on any atom is -0.453 e. The van der Waals surface area contributed by atoms with Crippen LogP contribution in [0.15, 0.2) is 24.3 Å². The summed E-state index contributed by atoms with van der Waals surface area (Å²) in [4.78, 5) is 11.2. The summed E-state index contributed by atoms with van der Waals surface area (Å²) in [7, 11) is 1.36. The maximum atomic E-state index is 11.2. The zero-order valence-electron chi connectivity index (χ0n) is 12.8. The smallest absolute Gasteiger partial charge is 0.411 e. The van der Waals surface area contributed by atoms with Gasteiger partial charge in [-0.2, -0.15) is 0 Å². The molecule has 0 bridgehead atoms. The molecule has 0 radical (unpaired) electrons. The number of nitrogens with one attached hydrogen (secondary N) is 3. The molecule has 2 rings (SSSR count). The van der Waals surface area contributed by atoms with E-state index in [1.54, 1.807) is 0 Å². The lowest BCUT2D eigenvalue weighted by atomic mass is 9.98. The Morgan fingerprint density at radius 1 is 1.43 bits per heavy atom. The number of benzene rings is 1. The Balaban J connectivity index is 1.86. The number of rotatable bonds is 5. The van der Waals surface area contributed by atoms with Crippen molar-refractivity contribution in [2.24, 2.45) is 0 Å². The number of amides is 1. The van der Waals surface area contributed by atoms with Crippen LogP contribution in [0.1, 0.15) is 32.6 Å². The highest BCUT2D eigenvalue weighted by molar-refractivity contribution is 5.85. The highest BCUT2D eigenvalue weighted by Gasteiger charge is 2.15. The van der Waals surface area contributed by atoms with Crippen molar-refractivity contribution in [3.8, 4) is 0 Å².